The van der Waals surface area contributed by atoms with Crippen molar-refractivity contribution in [3.8, 4) is 0 Å². The summed E-state index contributed by atoms with van der Waals surface area (Å²) in [6, 6.07) is 0.271. The van der Waals surface area contributed by atoms with Crippen LogP contribution in [0.3, 0.4) is 0 Å². The molecule has 1 aliphatic carbocycles. The summed E-state index contributed by atoms with van der Waals surface area (Å²) in [6.45, 7) is 1.29. The number of fused-ring (bicyclic) bond motifs is 1. The van der Waals surface area contributed by atoms with Gasteiger partial charge in [-0.25, -0.2) is 12.7 Å². The Balaban J connectivity index is 0.000000720. The van der Waals surface area contributed by atoms with Crippen LogP contribution in [0.1, 0.15) is 0 Å². The molecule has 2 fully saturated rings. The molecule has 0 bridgehead atoms. The van der Waals surface area contributed by atoms with Gasteiger partial charge in [0.1, 0.15) is 0 Å². The number of nitrogens with zero attached hydrogens (tertiary/aromatic N) is 1. The van der Waals surface area contributed by atoms with Crippen LogP contribution in [0.2, 0.25) is 0 Å². The SMILES string of the molecule is CS(=O)(=O)N1C[C@@H]2C(N)[C@@H]2C1.Cl. The van der Waals surface area contributed by atoms with E-state index in [1.165, 1.54) is 10.6 Å². The van der Waals surface area contributed by atoms with Crippen LogP contribution < -0.4 is 5.73 Å². The van der Waals surface area contributed by atoms with Gasteiger partial charge < -0.3 is 5.73 Å². The number of hydrogen-bond donors (Lipinski definition) is 1. The quantitative estimate of drug-likeness (QED) is 0.623. The highest BCUT2D eigenvalue weighted by Gasteiger charge is 2.55. The minimum Gasteiger partial charge on any atom is -0.327 e. The summed E-state index contributed by atoms with van der Waals surface area (Å²) in [6.07, 6.45) is 1.25. The third kappa shape index (κ3) is 1.46. The smallest absolute Gasteiger partial charge is 0.211 e. The number of nitrogens with two attached hydrogens (primary N) is 1. The van der Waals surface area contributed by atoms with Crippen molar-refractivity contribution in [2.24, 2.45) is 17.6 Å². The van der Waals surface area contributed by atoms with E-state index >= 15 is 0 Å². The second kappa shape index (κ2) is 2.83. The van der Waals surface area contributed by atoms with Crippen LogP contribution in [0.25, 0.3) is 0 Å². The molecule has 1 aliphatic heterocycles. The molecule has 1 saturated carbocycles. The maximum absolute atomic E-state index is 11.0. The number of halogens is 1. The van der Waals surface area contributed by atoms with Crippen molar-refractivity contribution < 1.29 is 8.42 Å². The molecular formula is C6H13ClN2O2S. The summed E-state index contributed by atoms with van der Waals surface area (Å²) in [5.74, 6) is 0.898. The van der Waals surface area contributed by atoms with Crippen LogP contribution >= 0.6 is 12.4 Å². The van der Waals surface area contributed by atoms with E-state index in [4.69, 9.17) is 5.73 Å². The third-order valence-electron chi connectivity index (χ3n) is 2.70. The average molecular weight is 213 g/mol. The summed E-state index contributed by atoms with van der Waals surface area (Å²) in [5.41, 5.74) is 5.66. The molecule has 2 aliphatic rings. The minimum atomic E-state index is -2.95. The van der Waals surface area contributed by atoms with Gasteiger partial charge in [0.15, 0.2) is 0 Å². The third-order valence-corrected chi connectivity index (χ3v) is 3.93. The van der Waals surface area contributed by atoms with E-state index in [-0.39, 0.29) is 18.4 Å². The van der Waals surface area contributed by atoms with Gasteiger partial charge in [-0.1, -0.05) is 0 Å². The standard InChI is InChI=1S/C6H12N2O2S.ClH/c1-11(9,10)8-2-4-5(3-8)6(4)7;/h4-6H,2-3,7H2,1H3;1H/t4-,5+,6?;. The van der Waals surface area contributed by atoms with Gasteiger partial charge in [0.2, 0.25) is 10.0 Å². The van der Waals surface area contributed by atoms with E-state index in [0.29, 0.717) is 24.9 Å². The summed E-state index contributed by atoms with van der Waals surface area (Å²) in [4.78, 5) is 0. The van der Waals surface area contributed by atoms with Crippen LogP contribution in [0.15, 0.2) is 0 Å². The van der Waals surface area contributed by atoms with E-state index in [1.54, 1.807) is 0 Å². The molecule has 0 spiro atoms. The summed E-state index contributed by atoms with van der Waals surface area (Å²) in [5, 5.41) is 0. The van der Waals surface area contributed by atoms with Crippen LogP contribution in [-0.4, -0.2) is 38.1 Å². The number of rotatable bonds is 1. The molecule has 6 heteroatoms. The lowest BCUT2D eigenvalue weighted by Gasteiger charge is -2.14. The molecule has 0 aromatic carbocycles. The topological polar surface area (TPSA) is 63.4 Å². The normalized spacial score (nSPS) is 40.3. The average Bonchev–Trinajstić information content (AvgIpc) is 2.39. The van der Waals surface area contributed by atoms with Crippen molar-refractivity contribution in [1.29, 1.82) is 0 Å². The fourth-order valence-electron chi connectivity index (χ4n) is 1.80. The second-order valence-electron chi connectivity index (χ2n) is 3.49. The Labute approximate surface area is 78.6 Å². The lowest BCUT2D eigenvalue weighted by molar-refractivity contribution is 0.436. The van der Waals surface area contributed by atoms with Gasteiger partial charge >= 0.3 is 0 Å². The zero-order valence-corrected chi connectivity index (χ0v) is 8.44. The van der Waals surface area contributed by atoms with E-state index in [2.05, 4.69) is 0 Å². The molecule has 0 amide bonds. The molecule has 1 unspecified atom stereocenters. The van der Waals surface area contributed by atoms with Crippen LogP contribution in [0.5, 0.6) is 0 Å². The summed E-state index contributed by atoms with van der Waals surface area (Å²) < 4.78 is 23.5. The minimum absolute atomic E-state index is 0. The van der Waals surface area contributed by atoms with Gasteiger partial charge in [-0.2, -0.15) is 0 Å². The largest absolute Gasteiger partial charge is 0.327 e. The first kappa shape index (κ1) is 10.2. The zero-order valence-electron chi connectivity index (χ0n) is 6.80. The summed E-state index contributed by atoms with van der Waals surface area (Å²) >= 11 is 0. The first-order chi connectivity index (χ1) is 5.00. The lowest BCUT2D eigenvalue weighted by Crippen LogP contribution is -2.32. The van der Waals surface area contributed by atoms with Crippen molar-refractivity contribution in [1.82, 2.24) is 4.31 Å². The zero-order chi connectivity index (χ0) is 8.22. The molecule has 12 heavy (non-hydrogen) atoms. The Morgan fingerprint density at radius 3 is 2.08 bits per heavy atom. The maximum atomic E-state index is 11.0. The number of piperidine rings is 1. The number of sulfonamides is 1. The number of hydrogen-bond acceptors (Lipinski definition) is 3. The predicted molar refractivity (Wildman–Crippen MR) is 48.6 cm³/mol. The van der Waals surface area contributed by atoms with Crippen LogP contribution in [0.4, 0.5) is 0 Å². The highest BCUT2D eigenvalue weighted by molar-refractivity contribution is 7.88. The van der Waals surface area contributed by atoms with E-state index < -0.39 is 10.0 Å². The monoisotopic (exact) mass is 212 g/mol. The van der Waals surface area contributed by atoms with Gasteiger partial charge in [0, 0.05) is 19.1 Å². The molecule has 72 valence electrons. The fraction of sp³-hybridized carbons (Fsp3) is 1.00. The molecule has 0 aromatic heterocycles. The first-order valence-electron chi connectivity index (χ1n) is 3.71. The van der Waals surface area contributed by atoms with Crippen molar-refractivity contribution >= 4 is 22.4 Å². The van der Waals surface area contributed by atoms with Gasteiger partial charge in [0.05, 0.1) is 6.26 Å². The lowest BCUT2D eigenvalue weighted by atomic mass is 10.4. The molecule has 3 atom stereocenters. The Bertz CT molecular complexity index is 267. The molecule has 4 nitrogen and oxygen atoms in total. The van der Waals surface area contributed by atoms with Gasteiger partial charge in [-0.05, 0) is 11.8 Å². The maximum Gasteiger partial charge on any atom is 0.211 e. The van der Waals surface area contributed by atoms with Crippen molar-refractivity contribution in [3.05, 3.63) is 0 Å². The summed E-state index contributed by atoms with van der Waals surface area (Å²) in [7, 11) is -2.95. The molecule has 2 N–H and O–H groups in total. The van der Waals surface area contributed by atoms with Crippen molar-refractivity contribution in [3.63, 3.8) is 0 Å². The second-order valence-corrected chi connectivity index (χ2v) is 5.47. The molecule has 1 heterocycles. The van der Waals surface area contributed by atoms with Crippen LogP contribution in [0, 0.1) is 11.8 Å². The Kier molecular flexibility index (Phi) is 2.42. The molecule has 0 radical (unpaired) electrons. The Morgan fingerprint density at radius 1 is 1.33 bits per heavy atom. The van der Waals surface area contributed by atoms with E-state index in [9.17, 15) is 8.42 Å². The molecule has 2 rings (SSSR count). The molecular weight excluding hydrogens is 200 g/mol. The molecule has 1 saturated heterocycles. The first-order valence-corrected chi connectivity index (χ1v) is 5.55. The van der Waals surface area contributed by atoms with Crippen molar-refractivity contribution in [2.75, 3.05) is 19.3 Å². The van der Waals surface area contributed by atoms with Gasteiger partial charge in [0.25, 0.3) is 0 Å². The van der Waals surface area contributed by atoms with Crippen LogP contribution in [-0.2, 0) is 10.0 Å². The van der Waals surface area contributed by atoms with E-state index in [0.717, 1.165) is 0 Å². The van der Waals surface area contributed by atoms with Gasteiger partial charge in [-0.15, -0.1) is 12.4 Å². The highest BCUT2D eigenvalue weighted by Crippen LogP contribution is 2.44. The van der Waals surface area contributed by atoms with E-state index in [1.807, 2.05) is 0 Å². The van der Waals surface area contributed by atoms with Crippen molar-refractivity contribution in [2.45, 2.75) is 6.04 Å². The fourth-order valence-corrected chi connectivity index (χ4v) is 2.69. The Morgan fingerprint density at radius 2 is 1.75 bits per heavy atom. The van der Waals surface area contributed by atoms with Gasteiger partial charge in [-0.3, -0.25) is 0 Å². The Hall–Kier alpha value is 0.160. The molecule has 0 aromatic rings. The predicted octanol–water partition coefficient (Wildman–Crippen LogP) is -0.743. The highest BCUT2D eigenvalue weighted by atomic mass is 35.5.